The molecule has 1 aromatic carbocycles. The van der Waals surface area contributed by atoms with Crippen molar-refractivity contribution >= 4 is 28.8 Å². The highest BCUT2D eigenvalue weighted by Crippen LogP contribution is 2.27. The molecule has 0 aliphatic heterocycles. The maximum atomic E-state index is 14.0. The highest BCUT2D eigenvalue weighted by molar-refractivity contribution is 7.09. The molecule has 0 spiro atoms. The Labute approximate surface area is 137 Å². The topological polar surface area (TPSA) is 71.1 Å². The van der Waals surface area contributed by atoms with Crippen LogP contribution < -0.4 is 10.6 Å². The van der Waals surface area contributed by atoms with Gasteiger partial charge in [-0.05, 0) is 31.5 Å². The average molecular weight is 335 g/mol. The largest absolute Gasteiger partial charge is 0.340 e. The van der Waals surface area contributed by atoms with E-state index in [-0.39, 0.29) is 11.5 Å². The van der Waals surface area contributed by atoms with Crippen LogP contribution in [-0.2, 0) is 10.3 Å². The van der Waals surface area contributed by atoms with Crippen molar-refractivity contribution in [3.8, 4) is 0 Å². The van der Waals surface area contributed by atoms with Gasteiger partial charge >= 0.3 is 0 Å². The second-order valence-electron chi connectivity index (χ2n) is 5.35. The number of aromatic nitrogens is 1. The number of carbonyl (C=O) groups excluding carboxylic acids is 2. The number of hydrogen-bond donors (Lipinski definition) is 2. The van der Waals surface area contributed by atoms with Crippen LogP contribution in [0.5, 0.6) is 0 Å². The number of amides is 2. The monoisotopic (exact) mass is 335 g/mol. The number of carbonyl (C=O) groups is 2. The standard InChI is InChI=1S/C16H18FN3O2S/c1-4-16(3,15-18-7-8-23-15)20-14(22)12-9-11(19-10(2)21)5-6-13(12)17/h5-9H,4H2,1-3H3,(H,19,21)(H,20,22)/t16-/m1/s1. The van der Waals surface area contributed by atoms with Crippen molar-refractivity contribution in [3.05, 3.63) is 46.2 Å². The Morgan fingerprint density at radius 3 is 2.70 bits per heavy atom. The van der Waals surface area contributed by atoms with Gasteiger partial charge in [0.05, 0.1) is 11.1 Å². The SMILES string of the molecule is CC[C@@](C)(NC(=O)c1cc(NC(C)=O)ccc1F)c1nccs1. The first kappa shape index (κ1) is 17.1. The fraction of sp³-hybridized carbons (Fsp3) is 0.312. The third-order valence-electron chi connectivity index (χ3n) is 3.53. The van der Waals surface area contributed by atoms with E-state index in [0.717, 1.165) is 11.1 Å². The first-order valence-electron chi connectivity index (χ1n) is 7.15. The highest BCUT2D eigenvalue weighted by atomic mass is 32.1. The van der Waals surface area contributed by atoms with Crippen LogP contribution in [-0.4, -0.2) is 16.8 Å². The van der Waals surface area contributed by atoms with Crippen LogP contribution in [0.1, 0.15) is 42.6 Å². The summed E-state index contributed by atoms with van der Waals surface area (Å²) in [5.74, 6) is -1.48. The minimum atomic E-state index is -0.679. The van der Waals surface area contributed by atoms with E-state index in [1.807, 2.05) is 19.2 Å². The predicted octanol–water partition coefficient (Wildman–Crippen LogP) is 3.30. The Bertz CT molecular complexity index is 718. The normalized spacial score (nSPS) is 13.2. The second-order valence-corrected chi connectivity index (χ2v) is 6.25. The van der Waals surface area contributed by atoms with Crippen LogP contribution in [0.25, 0.3) is 0 Å². The molecule has 0 unspecified atom stereocenters. The number of nitrogens with one attached hydrogen (secondary N) is 2. The van der Waals surface area contributed by atoms with Crippen molar-refractivity contribution in [3.63, 3.8) is 0 Å². The lowest BCUT2D eigenvalue weighted by molar-refractivity contribution is -0.114. The van der Waals surface area contributed by atoms with E-state index in [9.17, 15) is 14.0 Å². The number of nitrogens with zero attached hydrogens (tertiary/aromatic N) is 1. The zero-order valence-corrected chi connectivity index (χ0v) is 14.0. The lowest BCUT2D eigenvalue weighted by Gasteiger charge is -2.27. The summed E-state index contributed by atoms with van der Waals surface area (Å²) in [5.41, 5.74) is -0.425. The van der Waals surface area contributed by atoms with E-state index in [0.29, 0.717) is 12.1 Å². The van der Waals surface area contributed by atoms with Gasteiger partial charge in [0.25, 0.3) is 5.91 Å². The van der Waals surface area contributed by atoms with E-state index < -0.39 is 17.3 Å². The molecule has 0 aliphatic carbocycles. The molecule has 1 aromatic heterocycles. The lowest BCUT2D eigenvalue weighted by atomic mass is 9.99. The molecule has 0 bridgehead atoms. The fourth-order valence-corrected chi connectivity index (χ4v) is 2.92. The molecular weight excluding hydrogens is 317 g/mol. The zero-order valence-electron chi connectivity index (χ0n) is 13.1. The molecule has 0 radical (unpaired) electrons. The molecule has 0 saturated carbocycles. The van der Waals surface area contributed by atoms with Gasteiger partial charge in [-0.25, -0.2) is 9.37 Å². The number of halogens is 1. The van der Waals surface area contributed by atoms with Crippen LogP contribution in [0, 0.1) is 5.82 Å². The van der Waals surface area contributed by atoms with Crippen LogP contribution >= 0.6 is 11.3 Å². The molecule has 23 heavy (non-hydrogen) atoms. The Balaban J connectivity index is 2.28. The van der Waals surface area contributed by atoms with Crippen molar-refractivity contribution < 1.29 is 14.0 Å². The van der Waals surface area contributed by atoms with E-state index in [2.05, 4.69) is 15.6 Å². The third-order valence-corrected chi connectivity index (χ3v) is 4.57. The number of benzene rings is 1. The minimum absolute atomic E-state index is 0.118. The summed E-state index contributed by atoms with van der Waals surface area (Å²) >= 11 is 1.43. The summed E-state index contributed by atoms with van der Waals surface area (Å²) in [6.45, 7) is 5.12. The van der Waals surface area contributed by atoms with E-state index in [1.165, 1.54) is 30.4 Å². The Hall–Kier alpha value is -2.28. The smallest absolute Gasteiger partial charge is 0.255 e. The zero-order chi connectivity index (χ0) is 17.0. The van der Waals surface area contributed by atoms with Gasteiger partial charge < -0.3 is 10.6 Å². The minimum Gasteiger partial charge on any atom is -0.340 e. The quantitative estimate of drug-likeness (QED) is 0.881. The van der Waals surface area contributed by atoms with Crippen LogP contribution in [0.2, 0.25) is 0 Å². The summed E-state index contributed by atoms with van der Waals surface area (Å²) in [6.07, 6.45) is 2.28. The van der Waals surface area contributed by atoms with Crippen molar-refractivity contribution in [1.29, 1.82) is 0 Å². The van der Waals surface area contributed by atoms with Gasteiger partial charge in [-0.1, -0.05) is 6.92 Å². The molecule has 5 nitrogen and oxygen atoms in total. The third kappa shape index (κ3) is 3.92. The van der Waals surface area contributed by atoms with Crippen molar-refractivity contribution in [2.45, 2.75) is 32.7 Å². The van der Waals surface area contributed by atoms with Crippen molar-refractivity contribution in [1.82, 2.24) is 10.3 Å². The molecule has 1 atom stereocenters. The highest BCUT2D eigenvalue weighted by Gasteiger charge is 2.30. The molecule has 122 valence electrons. The number of thiazole rings is 1. The molecule has 0 aliphatic rings. The van der Waals surface area contributed by atoms with Gasteiger partial charge in [-0.2, -0.15) is 0 Å². The molecule has 2 aromatic rings. The molecule has 7 heteroatoms. The average Bonchev–Trinajstić information content (AvgIpc) is 3.03. The van der Waals surface area contributed by atoms with E-state index in [4.69, 9.17) is 0 Å². The van der Waals surface area contributed by atoms with E-state index >= 15 is 0 Å². The molecule has 1 heterocycles. The van der Waals surface area contributed by atoms with Gasteiger partial charge in [0.2, 0.25) is 5.91 Å². The number of anilines is 1. The molecule has 0 fully saturated rings. The maximum Gasteiger partial charge on any atom is 0.255 e. The second kappa shape index (κ2) is 6.87. The summed E-state index contributed by atoms with van der Waals surface area (Å²) in [6, 6.07) is 3.89. The molecular formula is C16H18FN3O2S. The van der Waals surface area contributed by atoms with E-state index in [1.54, 1.807) is 6.20 Å². The van der Waals surface area contributed by atoms with Gasteiger partial charge in [-0.3, -0.25) is 9.59 Å². The van der Waals surface area contributed by atoms with Crippen molar-refractivity contribution in [2.75, 3.05) is 5.32 Å². The summed E-state index contributed by atoms with van der Waals surface area (Å²) in [4.78, 5) is 27.8. The lowest BCUT2D eigenvalue weighted by Crippen LogP contribution is -2.43. The van der Waals surface area contributed by atoms with Gasteiger partial charge in [-0.15, -0.1) is 11.3 Å². The Kier molecular flexibility index (Phi) is 5.10. The van der Waals surface area contributed by atoms with Crippen LogP contribution in [0.3, 0.4) is 0 Å². The predicted molar refractivity (Wildman–Crippen MR) is 87.9 cm³/mol. The van der Waals surface area contributed by atoms with Crippen LogP contribution in [0.4, 0.5) is 10.1 Å². The number of rotatable bonds is 5. The molecule has 2 amide bonds. The van der Waals surface area contributed by atoms with Crippen molar-refractivity contribution in [2.24, 2.45) is 0 Å². The van der Waals surface area contributed by atoms with Gasteiger partial charge in [0, 0.05) is 24.2 Å². The molecule has 2 N–H and O–H groups in total. The first-order chi connectivity index (χ1) is 10.9. The first-order valence-corrected chi connectivity index (χ1v) is 8.03. The number of hydrogen-bond acceptors (Lipinski definition) is 4. The Morgan fingerprint density at radius 1 is 1.39 bits per heavy atom. The van der Waals surface area contributed by atoms with Gasteiger partial charge in [0.1, 0.15) is 10.8 Å². The fourth-order valence-electron chi connectivity index (χ4n) is 2.09. The Morgan fingerprint density at radius 2 is 2.13 bits per heavy atom. The summed E-state index contributed by atoms with van der Waals surface area (Å²) < 4.78 is 14.0. The molecule has 2 rings (SSSR count). The van der Waals surface area contributed by atoms with Crippen LogP contribution in [0.15, 0.2) is 29.8 Å². The molecule has 0 saturated heterocycles. The van der Waals surface area contributed by atoms with Gasteiger partial charge in [0.15, 0.2) is 0 Å². The maximum absolute atomic E-state index is 14.0. The summed E-state index contributed by atoms with van der Waals surface area (Å²) in [5, 5.41) is 7.96. The summed E-state index contributed by atoms with van der Waals surface area (Å²) in [7, 11) is 0.